The van der Waals surface area contributed by atoms with Crippen LogP contribution in [0, 0.1) is 12.3 Å². The van der Waals surface area contributed by atoms with Crippen LogP contribution in [0.25, 0.3) is 0 Å². The number of hydrogen-bond acceptors (Lipinski definition) is 4. The van der Waals surface area contributed by atoms with E-state index < -0.39 is 0 Å². The molecule has 0 saturated heterocycles. The fraction of sp³-hybridized carbons (Fsp3) is 0.750. The van der Waals surface area contributed by atoms with Crippen molar-refractivity contribution in [3.8, 4) is 0 Å². The molecule has 0 aliphatic carbocycles. The fourth-order valence-electron chi connectivity index (χ4n) is 1.40. The molecule has 1 aromatic heterocycles. The minimum atomic E-state index is 0.0127. The summed E-state index contributed by atoms with van der Waals surface area (Å²) in [4.78, 5) is 4.41. The zero-order valence-corrected chi connectivity index (χ0v) is 11.2. The van der Waals surface area contributed by atoms with Gasteiger partial charge in [-0.2, -0.15) is 0 Å². The normalized spacial score (nSPS) is 15.0. The van der Waals surface area contributed by atoms with Gasteiger partial charge in [-0.3, -0.25) is 0 Å². The topological polar surface area (TPSA) is 45.1 Å². The molecule has 0 aliphatic heterocycles. The van der Waals surface area contributed by atoms with Crippen LogP contribution in [0.3, 0.4) is 0 Å². The third-order valence-corrected chi connectivity index (χ3v) is 4.00. The molecule has 1 unspecified atom stereocenters. The quantitative estimate of drug-likeness (QED) is 0.719. The Balaban J connectivity index is 2.21. The highest BCUT2D eigenvalue weighted by atomic mass is 32.1. The highest BCUT2D eigenvalue weighted by Gasteiger charge is 2.19. The molecular formula is C12H22N2OS. The van der Waals surface area contributed by atoms with E-state index in [2.05, 4.69) is 29.5 Å². The van der Waals surface area contributed by atoms with Gasteiger partial charge in [-0.05, 0) is 13.3 Å². The van der Waals surface area contributed by atoms with Crippen LogP contribution in [0.5, 0.6) is 0 Å². The Morgan fingerprint density at radius 3 is 2.81 bits per heavy atom. The van der Waals surface area contributed by atoms with E-state index in [-0.39, 0.29) is 12.0 Å². The maximum atomic E-state index is 9.25. The van der Waals surface area contributed by atoms with Crippen molar-refractivity contribution >= 4 is 11.3 Å². The van der Waals surface area contributed by atoms with Crippen molar-refractivity contribution in [3.05, 3.63) is 16.1 Å². The van der Waals surface area contributed by atoms with Crippen LogP contribution in [0.1, 0.15) is 31.0 Å². The summed E-state index contributed by atoms with van der Waals surface area (Å²) in [5, 5.41) is 15.9. The smallest absolute Gasteiger partial charge is 0.0940 e. The molecule has 0 aromatic carbocycles. The maximum Gasteiger partial charge on any atom is 0.0940 e. The molecule has 0 amide bonds. The summed E-state index contributed by atoms with van der Waals surface area (Å²) in [6, 6.07) is 0. The second-order valence-corrected chi connectivity index (χ2v) is 5.57. The molecule has 16 heavy (non-hydrogen) atoms. The van der Waals surface area contributed by atoms with Gasteiger partial charge in [0.2, 0.25) is 0 Å². The lowest BCUT2D eigenvalue weighted by Gasteiger charge is -2.25. The fourth-order valence-corrected chi connectivity index (χ4v) is 2.17. The number of thiazole rings is 1. The van der Waals surface area contributed by atoms with Gasteiger partial charge in [0, 0.05) is 42.6 Å². The Morgan fingerprint density at radius 2 is 2.31 bits per heavy atom. The van der Waals surface area contributed by atoms with E-state index in [9.17, 15) is 5.11 Å². The monoisotopic (exact) mass is 242 g/mol. The van der Waals surface area contributed by atoms with E-state index in [0.717, 1.165) is 31.6 Å². The second-order valence-electron chi connectivity index (χ2n) is 4.63. The van der Waals surface area contributed by atoms with Gasteiger partial charge < -0.3 is 10.4 Å². The van der Waals surface area contributed by atoms with Crippen molar-refractivity contribution in [2.75, 3.05) is 19.7 Å². The van der Waals surface area contributed by atoms with Gasteiger partial charge in [0.25, 0.3) is 0 Å². The molecule has 1 atom stereocenters. The van der Waals surface area contributed by atoms with Crippen LogP contribution in [-0.2, 0) is 6.42 Å². The summed E-state index contributed by atoms with van der Waals surface area (Å²) >= 11 is 1.72. The molecule has 2 N–H and O–H groups in total. The molecule has 0 spiro atoms. The van der Waals surface area contributed by atoms with Crippen molar-refractivity contribution in [3.63, 3.8) is 0 Å². The zero-order valence-electron chi connectivity index (χ0n) is 10.4. The highest BCUT2D eigenvalue weighted by molar-refractivity contribution is 7.09. The summed E-state index contributed by atoms with van der Waals surface area (Å²) < 4.78 is 0. The Morgan fingerprint density at radius 1 is 1.56 bits per heavy atom. The Labute approximate surface area is 102 Å². The third kappa shape index (κ3) is 4.20. The van der Waals surface area contributed by atoms with E-state index in [1.165, 1.54) is 5.01 Å². The van der Waals surface area contributed by atoms with Crippen molar-refractivity contribution in [1.82, 2.24) is 10.3 Å². The summed E-state index contributed by atoms with van der Waals surface area (Å²) in [7, 11) is 0. The molecule has 1 aromatic rings. The number of aliphatic hydroxyl groups excluding tert-OH is 1. The number of nitrogens with zero attached hydrogens (tertiary/aromatic N) is 1. The number of aryl methyl sites for hydroxylation is 1. The first-order valence-corrected chi connectivity index (χ1v) is 6.70. The molecule has 0 radical (unpaired) electrons. The molecule has 0 aliphatic rings. The van der Waals surface area contributed by atoms with Gasteiger partial charge in [-0.15, -0.1) is 11.3 Å². The van der Waals surface area contributed by atoms with Crippen molar-refractivity contribution in [2.45, 2.75) is 33.6 Å². The second kappa shape index (κ2) is 6.33. The Hall–Kier alpha value is -0.450. The molecular weight excluding hydrogens is 220 g/mol. The largest absolute Gasteiger partial charge is 0.396 e. The highest BCUT2D eigenvalue weighted by Crippen LogP contribution is 2.18. The standard InChI is InChI=1S/C12H22N2OS/c1-4-12(3,9-15)8-13-6-5-11-14-10(2)7-16-11/h7,13,15H,4-6,8-9H2,1-3H3. The summed E-state index contributed by atoms with van der Waals surface area (Å²) in [5.74, 6) is 0. The Kier molecular flexibility index (Phi) is 5.38. The molecule has 1 rings (SSSR count). The number of hydrogen-bond donors (Lipinski definition) is 2. The number of rotatable bonds is 7. The van der Waals surface area contributed by atoms with Crippen molar-refractivity contribution in [1.29, 1.82) is 0 Å². The average molecular weight is 242 g/mol. The number of aromatic nitrogens is 1. The SMILES string of the molecule is CCC(C)(CO)CNCCc1nc(C)cs1. The van der Waals surface area contributed by atoms with Crippen LogP contribution in [0.2, 0.25) is 0 Å². The zero-order chi connectivity index (χ0) is 12.0. The summed E-state index contributed by atoms with van der Waals surface area (Å²) in [6.45, 7) is 8.28. The number of nitrogens with one attached hydrogen (secondary N) is 1. The van der Waals surface area contributed by atoms with E-state index in [0.29, 0.717) is 0 Å². The molecule has 0 fully saturated rings. The lowest BCUT2D eigenvalue weighted by molar-refractivity contribution is 0.136. The minimum absolute atomic E-state index is 0.0127. The maximum absolute atomic E-state index is 9.25. The lowest BCUT2D eigenvalue weighted by atomic mass is 9.89. The molecule has 1 heterocycles. The molecule has 92 valence electrons. The van der Waals surface area contributed by atoms with Gasteiger partial charge in [-0.1, -0.05) is 13.8 Å². The van der Waals surface area contributed by atoms with Gasteiger partial charge in [0.15, 0.2) is 0 Å². The van der Waals surface area contributed by atoms with Crippen molar-refractivity contribution < 1.29 is 5.11 Å². The molecule has 4 heteroatoms. The average Bonchev–Trinajstić information content (AvgIpc) is 2.70. The lowest BCUT2D eigenvalue weighted by Crippen LogP contribution is -2.35. The van der Waals surface area contributed by atoms with Crippen LogP contribution in [0.4, 0.5) is 0 Å². The van der Waals surface area contributed by atoms with Crippen LogP contribution in [0.15, 0.2) is 5.38 Å². The van der Waals surface area contributed by atoms with E-state index >= 15 is 0 Å². The Bertz CT molecular complexity index is 308. The van der Waals surface area contributed by atoms with E-state index in [1.807, 2.05) is 6.92 Å². The third-order valence-electron chi connectivity index (χ3n) is 2.97. The first kappa shape index (κ1) is 13.6. The van der Waals surface area contributed by atoms with Gasteiger partial charge in [-0.25, -0.2) is 4.98 Å². The van der Waals surface area contributed by atoms with Gasteiger partial charge >= 0.3 is 0 Å². The van der Waals surface area contributed by atoms with Crippen LogP contribution >= 0.6 is 11.3 Å². The predicted octanol–water partition coefficient (Wildman–Crippen LogP) is 1.99. The summed E-state index contributed by atoms with van der Waals surface area (Å²) in [5.41, 5.74) is 1.12. The van der Waals surface area contributed by atoms with Crippen molar-refractivity contribution in [2.24, 2.45) is 5.41 Å². The molecule has 3 nitrogen and oxygen atoms in total. The van der Waals surface area contributed by atoms with E-state index in [1.54, 1.807) is 11.3 Å². The first-order valence-electron chi connectivity index (χ1n) is 5.82. The molecule has 0 bridgehead atoms. The number of aliphatic hydroxyl groups is 1. The minimum Gasteiger partial charge on any atom is -0.396 e. The van der Waals surface area contributed by atoms with Crippen LogP contribution < -0.4 is 5.32 Å². The van der Waals surface area contributed by atoms with Gasteiger partial charge in [0.1, 0.15) is 0 Å². The van der Waals surface area contributed by atoms with E-state index in [4.69, 9.17) is 0 Å². The molecule has 0 saturated carbocycles. The summed E-state index contributed by atoms with van der Waals surface area (Å²) in [6.07, 6.45) is 1.97. The predicted molar refractivity (Wildman–Crippen MR) is 68.9 cm³/mol. The first-order chi connectivity index (χ1) is 7.59. The van der Waals surface area contributed by atoms with Gasteiger partial charge in [0.05, 0.1) is 5.01 Å². The van der Waals surface area contributed by atoms with Crippen LogP contribution in [-0.4, -0.2) is 29.8 Å².